The van der Waals surface area contributed by atoms with Crippen molar-refractivity contribution in [2.24, 2.45) is 5.92 Å². The van der Waals surface area contributed by atoms with Crippen LogP contribution in [0.4, 0.5) is 0 Å². The van der Waals surface area contributed by atoms with E-state index in [1.807, 2.05) is 30.3 Å². The van der Waals surface area contributed by atoms with Crippen LogP contribution in [0.3, 0.4) is 0 Å². The Bertz CT molecular complexity index is 724. The Balaban J connectivity index is 1.63. The van der Waals surface area contributed by atoms with Crippen LogP contribution in [0.25, 0.3) is 10.6 Å². The van der Waals surface area contributed by atoms with Crippen molar-refractivity contribution in [3.8, 4) is 10.6 Å². The first-order valence-corrected chi connectivity index (χ1v) is 8.67. The van der Waals surface area contributed by atoms with Crippen LogP contribution in [0.1, 0.15) is 28.2 Å². The second-order valence-corrected chi connectivity index (χ2v) is 6.63. The van der Waals surface area contributed by atoms with Crippen molar-refractivity contribution in [2.75, 3.05) is 13.2 Å². The zero-order valence-electron chi connectivity index (χ0n) is 13.4. The minimum atomic E-state index is -0.340. The number of amides is 2. The molecule has 0 saturated carbocycles. The van der Waals surface area contributed by atoms with E-state index in [1.165, 1.54) is 11.3 Å². The van der Waals surface area contributed by atoms with E-state index in [0.29, 0.717) is 36.6 Å². The summed E-state index contributed by atoms with van der Waals surface area (Å²) in [6, 6.07) is 9.70. The molecule has 3 rings (SSSR count). The molecule has 2 N–H and O–H groups in total. The molecule has 1 aliphatic heterocycles. The van der Waals surface area contributed by atoms with Gasteiger partial charge in [0.05, 0.1) is 5.69 Å². The van der Waals surface area contributed by atoms with Crippen molar-refractivity contribution in [2.45, 2.75) is 19.8 Å². The average Bonchev–Trinajstić information content (AvgIpc) is 3.03. The second kappa shape index (κ2) is 7.55. The molecule has 24 heavy (non-hydrogen) atoms. The molecule has 7 heteroatoms. The Morgan fingerprint density at radius 2 is 1.88 bits per heavy atom. The summed E-state index contributed by atoms with van der Waals surface area (Å²) in [6.07, 6.45) is 1.36. The zero-order chi connectivity index (χ0) is 16.9. The number of rotatable bonds is 3. The molecule has 6 nitrogen and oxygen atoms in total. The van der Waals surface area contributed by atoms with E-state index in [2.05, 4.69) is 15.8 Å². The van der Waals surface area contributed by atoms with Gasteiger partial charge in [-0.05, 0) is 19.8 Å². The molecule has 0 atom stereocenters. The lowest BCUT2D eigenvalue weighted by molar-refractivity contribution is -0.128. The molecule has 0 aliphatic carbocycles. The molecular formula is C17H19N3O3S. The molecule has 0 unspecified atom stereocenters. The van der Waals surface area contributed by atoms with E-state index in [4.69, 9.17) is 4.74 Å². The standard InChI is InChI=1S/C17H19N3O3S/c1-11-14(24-17(18-11)13-5-3-2-4-6-13)16(22)20-19-15(21)12-7-9-23-10-8-12/h2-6,12H,7-10H2,1H3,(H,19,21)(H,20,22). The number of carbonyl (C=O) groups is 2. The first kappa shape index (κ1) is 16.6. The monoisotopic (exact) mass is 345 g/mol. The van der Waals surface area contributed by atoms with E-state index in [-0.39, 0.29) is 17.7 Å². The highest BCUT2D eigenvalue weighted by atomic mass is 32.1. The van der Waals surface area contributed by atoms with Gasteiger partial charge in [-0.15, -0.1) is 11.3 Å². The van der Waals surface area contributed by atoms with E-state index in [0.717, 1.165) is 10.6 Å². The number of hydrogen-bond donors (Lipinski definition) is 2. The third-order valence-electron chi connectivity index (χ3n) is 3.91. The van der Waals surface area contributed by atoms with E-state index < -0.39 is 0 Å². The average molecular weight is 345 g/mol. The largest absolute Gasteiger partial charge is 0.381 e. The van der Waals surface area contributed by atoms with Gasteiger partial charge >= 0.3 is 0 Å². The number of nitrogens with zero attached hydrogens (tertiary/aromatic N) is 1. The fraction of sp³-hybridized carbons (Fsp3) is 0.353. The number of hydrazine groups is 1. The molecule has 1 aromatic heterocycles. The maximum atomic E-state index is 12.3. The summed E-state index contributed by atoms with van der Waals surface area (Å²) in [5.74, 6) is -0.619. The van der Waals surface area contributed by atoms with Crippen LogP contribution in [0.2, 0.25) is 0 Å². The molecule has 0 spiro atoms. The number of thiazole rings is 1. The van der Waals surface area contributed by atoms with Gasteiger partial charge in [0.25, 0.3) is 5.91 Å². The lowest BCUT2D eigenvalue weighted by Crippen LogP contribution is -2.45. The number of aryl methyl sites for hydroxylation is 1. The first-order valence-electron chi connectivity index (χ1n) is 7.86. The Hall–Kier alpha value is -2.25. The van der Waals surface area contributed by atoms with Gasteiger partial charge in [0.2, 0.25) is 5.91 Å². The summed E-state index contributed by atoms with van der Waals surface area (Å²) < 4.78 is 5.23. The fourth-order valence-corrected chi connectivity index (χ4v) is 3.52. The van der Waals surface area contributed by atoms with Crippen LogP contribution in [0.15, 0.2) is 30.3 Å². The van der Waals surface area contributed by atoms with Crippen LogP contribution in [0, 0.1) is 12.8 Å². The van der Waals surface area contributed by atoms with Crippen LogP contribution in [-0.4, -0.2) is 30.0 Å². The molecule has 1 aliphatic rings. The Morgan fingerprint density at radius 1 is 1.17 bits per heavy atom. The van der Waals surface area contributed by atoms with Crippen molar-refractivity contribution < 1.29 is 14.3 Å². The molecule has 1 saturated heterocycles. The highest BCUT2D eigenvalue weighted by molar-refractivity contribution is 7.17. The van der Waals surface area contributed by atoms with Gasteiger partial charge in [0.1, 0.15) is 9.88 Å². The third-order valence-corrected chi connectivity index (χ3v) is 5.12. The summed E-state index contributed by atoms with van der Waals surface area (Å²) in [7, 11) is 0. The SMILES string of the molecule is Cc1nc(-c2ccccc2)sc1C(=O)NNC(=O)C1CCOCC1. The van der Waals surface area contributed by atoms with Gasteiger partial charge in [-0.1, -0.05) is 30.3 Å². The highest BCUT2D eigenvalue weighted by Gasteiger charge is 2.23. The summed E-state index contributed by atoms with van der Waals surface area (Å²) in [4.78, 5) is 29.3. The predicted molar refractivity (Wildman–Crippen MR) is 91.4 cm³/mol. The van der Waals surface area contributed by atoms with Crippen molar-refractivity contribution >= 4 is 23.2 Å². The number of hydrogen-bond acceptors (Lipinski definition) is 5. The fourth-order valence-electron chi connectivity index (χ4n) is 2.55. The van der Waals surface area contributed by atoms with Crippen molar-refractivity contribution in [3.05, 3.63) is 40.9 Å². The van der Waals surface area contributed by atoms with Crippen molar-refractivity contribution in [3.63, 3.8) is 0 Å². The maximum absolute atomic E-state index is 12.3. The van der Waals surface area contributed by atoms with Gasteiger partial charge in [-0.2, -0.15) is 0 Å². The summed E-state index contributed by atoms with van der Waals surface area (Å²) in [6.45, 7) is 2.96. The molecule has 0 bridgehead atoms. The number of carbonyl (C=O) groups excluding carboxylic acids is 2. The van der Waals surface area contributed by atoms with Gasteiger partial charge < -0.3 is 4.74 Å². The first-order chi connectivity index (χ1) is 11.6. The molecule has 1 fully saturated rings. The minimum absolute atomic E-state index is 0.110. The molecule has 2 aromatic rings. The molecule has 0 radical (unpaired) electrons. The van der Waals surface area contributed by atoms with Gasteiger partial charge in [-0.25, -0.2) is 4.98 Å². The van der Waals surface area contributed by atoms with Crippen LogP contribution < -0.4 is 10.9 Å². The Kier molecular flexibility index (Phi) is 5.22. The van der Waals surface area contributed by atoms with Gasteiger partial charge in [0, 0.05) is 24.7 Å². The second-order valence-electron chi connectivity index (χ2n) is 5.63. The summed E-state index contributed by atoms with van der Waals surface area (Å²) in [5.41, 5.74) is 6.62. The van der Waals surface area contributed by atoms with Gasteiger partial charge in [-0.3, -0.25) is 20.4 Å². The maximum Gasteiger partial charge on any atom is 0.281 e. The number of nitrogens with one attached hydrogen (secondary N) is 2. The predicted octanol–water partition coefficient (Wildman–Crippen LogP) is 2.31. The Labute approximate surface area is 144 Å². The van der Waals surface area contributed by atoms with Crippen molar-refractivity contribution in [1.29, 1.82) is 0 Å². The molecule has 2 heterocycles. The van der Waals surface area contributed by atoms with E-state index in [1.54, 1.807) is 6.92 Å². The van der Waals surface area contributed by atoms with Crippen molar-refractivity contribution in [1.82, 2.24) is 15.8 Å². The molecule has 1 aromatic carbocycles. The van der Waals surface area contributed by atoms with Gasteiger partial charge in [0.15, 0.2) is 0 Å². The quantitative estimate of drug-likeness (QED) is 0.837. The molecular weight excluding hydrogens is 326 g/mol. The van der Waals surface area contributed by atoms with E-state index in [9.17, 15) is 9.59 Å². The highest BCUT2D eigenvalue weighted by Crippen LogP contribution is 2.27. The van der Waals surface area contributed by atoms with Crippen LogP contribution in [-0.2, 0) is 9.53 Å². The Morgan fingerprint density at radius 3 is 2.58 bits per heavy atom. The van der Waals surface area contributed by atoms with E-state index >= 15 is 0 Å². The molecule has 2 amide bonds. The normalized spacial score (nSPS) is 15.0. The lowest BCUT2D eigenvalue weighted by atomic mass is 10.00. The summed E-state index contributed by atoms with van der Waals surface area (Å²) in [5, 5.41) is 0.786. The lowest BCUT2D eigenvalue weighted by Gasteiger charge is -2.21. The van der Waals surface area contributed by atoms with Crippen LogP contribution >= 0.6 is 11.3 Å². The number of benzene rings is 1. The minimum Gasteiger partial charge on any atom is -0.381 e. The topological polar surface area (TPSA) is 80.3 Å². The zero-order valence-corrected chi connectivity index (χ0v) is 14.2. The number of ether oxygens (including phenoxy) is 1. The number of aromatic nitrogens is 1. The smallest absolute Gasteiger partial charge is 0.281 e. The molecule has 126 valence electrons. The third kappa shape index (κ3) is 3.80. The summed E-state index contributed by atoms with van der Waals surface area (Å²) >= 11 is 1.31. The van der Waals surface area contributed by atoms with Crippen LogP contribution in [0.5, 0.6) is 0 Å².